The number of rotatable bonds is 3. The minimum atomic E-state index is 0.379. The molecule has 1 fully saturated rings. The first-order valence-electron chi connectivity index (χ1n) is 5.91. The molecule has 2 heterocycles. The van der Waals surface area contributed by atoms with Gasteiger partial charge in [0.25, 0.3) is 0 Å². The molecule has 2 rings (SSSR count). The Morgan fingerprint density at radius 1 is 1.59 bits per heavy atom. The number of hydrogen-bond donors (Lipinski definition) is 1. The zero-order valence-electron chi connectivity index (χ0n) is 10.3. The molecular weight excluding hydrogens is 218 g/mol. The second kappa shape index (κ2) is 5.23. The van der Waals surface area contributed by atoms with Gasteiger partial charge >= 0.3 is 0 Å². The van der Waals surface area contributed by atoms with Gasteiger partial charge in [-0.1, -0.05) is 6.92 Å². The number of nitrogen functional groups attached to an aromatic ring is 1. The lowest BCUT2D eigenvalue weighted by atomic mass is 10.2. The molecule has 0 aliphatic carbocycles. The summed E-state index contributed by atoms with van der Waals surface area (Å²) in [6.45, 7) is 4.51. The minimum absolute atomic E-state index is 0.379. The van der Waals surface area contributed by atoms with Crippen molar-refractivity contribution in [3.05, 3.63) is 12.1 Å². The normalized spacial score (nSPS) is 20.4. The van der Waals surface area contributed by atoms with Gasteiger partial charge in [-0.2, -0.15) is 4.98 Å². The SMILES string of the molecule is CCC1COCCN1c1ccc(N)c(OC)n1. The van der Waals surface area contributed by atoms with E-state index in [0.29, 0.717) is 17.6 Å². The second-order valence-corrected chi connectivity index (χ2v) is 4.10. The molecule has 1 aromatic rings. The Balaban J connectivity index is 2.25. The van der Waals surface area contributed by atoms with Crippen molar-refractivity contribution < 1.29 is 9.47 Å². The second-order valence-electron chi connectivity index (χ2n) is 4.10. The maximum absolute atomic E-state index is 5.77. The molecule has 1 unspecified atom stereocenters. The number of morpholine rings is 1. The molecule has 1 saturated heterocycles. The summed E-state index contributed by atoms with van der Waals surface area (Å²) in [5, 5.41) is 0. The van der Waals surface area contributed by atoms with Gasteiger partial charge < -0.3 is 20.1 Å². The lowest BCUT2D eigenvalue weighted by molar-refractivity contribution is 0.0925. The van der Waals surface area contributed by atoms with Crippen molar-refractivity contribution in [3.8, 4) is 5.88 Å². The summed E-state index contributed by atoms with van der Waals surface area (Å²) in [5.74, 6) is 1.40. The van der Waals surface area contributed by atoms with Gasteiger partial charge in [0.1, 0.15) is 5.82 Å². The summed E-state index contributed by atoms with van der Waals surface area (Å²) in [7, 11) is 1.58. The van der Waals surface area contributed by atoms with E-state index in [1.807, 2.05) is 12.1 Å². The monoisotopic (exact) mass is 237 g/mol. The van der Waals surface area contributed by atoms with Crippen LogP contribution in [0.5, 0.6) is 5.88 Å². The van der Waals surface area contributed by atoms with E-state index in [1.165, 1.54) is 0 Å². The van der Waals surface area contributed by atoms with Gasteiger partial charge in [-0.05, 0) is 18.6 Å². The fraction of sp³-hybridized carbons (Fsp3) is 0.583. The molecule has 1 aliphatic rings. The van der Waals surface area contributed by atoms with Crippen molar-refractivity contribution in [3.63, 3.8) is 0 Å². The molecule has 2 N–H and O–H groups in total. The number of nitrogens with zero attached hydrogens (tertiary/aromatic N) is 2. The fourth-order valence-electron chi connectivity index (χ4n) is 2.06. The quantitative estimate of drug-likeness (QED) is 0.858. The van der Waals surface area contributed by atoms with Crippen molar-refractivity contribution >= 4 is 11.5 Å². The van der Waals surface area contributed by atoms with E-state index in [9.17, 15) is 0 Å². The highest BCUT2D eigenvalue weighted by atomic mass is 16.5. The van der Waals surface area contributed by atoms with Crippen LogP contribution >= 0.6 is 0 Å². The Labute approximate surface area is 102 Å². The van der Waals surface area contributed by atoms with Crippen molar-refractivity contribution in [1.82, 2.24) is 4.98 Å². The van der Waals surface area contributed by atoms with Crippen LogP contribution in [0.2, 0.25) is 0 Å². The molecule has 1 aliphatic heterocycles. The predicted molar refractivity (Wildman–Crippen MR) is 67.4 cm³/mol. The number of ether oxygens (including phenoxy) is 2. The molecule has 0 saturated carbocycles. The number of pyridine rings is 1. The molecule has 1 aromatic heterocycles. The van der Waals surface area contributed by atoms with Crippen LogP contribution < -0.4 is 15.4 Å². The molecule has 0 bridgehead atoms. The number of aromatic nitrogens is 1. The largest absolute Gasteiger partial charge is 0.479 e. The number of hydrogen-bond acceptors (Lipinski definition) is 5. The third-order valence-electron chi connectivity index (χ3n) is 3.06. The molecule has 0 radical (unpaired) electrons. The van der Waals surface area contributed by atoms with E-state index in [0.717, 1.165) is 32.0 Å². The van der Waals surface area contributed by atoms with Crippen LogP contribution in [-0.2, 0) is 4.74 Å². The van der Waals surface area contributed by atoms with Gasteiger partial charge in [-0.15, -0.1) is 0 Å². The number of nitrogens with two attached hydrogens (primary N) is 1. The molecule has 5 heteroatoms. The Bertz CT molecular complexity index is 384. The molecule has 5 nitrogen and oxygen atoms in total. The van der Waals surface area contributed by atoms with Gasteiger partial charge in [-0.3, -0.25) is 0 Å². The third-order valence-corrected chi connectivity index (χ3v) is 3.06. The minimum Gasteiger partial charge on any atom is -0.479 e. The maximum Gasteiger partial charge on any atom is 0.238 e. The standard InChI is InChI=1S/C12H19N3O2/c1-3-9-8-17-7-6-15(9)11-5-4-10(13)12(14-11)16-2/h4-5,9H,3,6-8,13H2,1-2H3. The fourth-order valence-corrected chi connectivity index (χ4v) is 2.06. The lowest BCUT2D eigenvalue weighted by Gasteiger charge is -2.36. The molecule has 1 atom stereocenters. The third kappa shape index (κ3) is 2.44. The van der Waals surface area contributed by atoms with Crippen LogP contribution in [0.15, 0.2) is 12.1 Å². The first-order chi connectivity index (χ1) is 8.26. The van der Waals surface area contributed by atoms with Crippen LogP contribution in [-0.4, -0.2) is 37.9 Å². The summed E-state index contributed by atoms with van der Waals surface area (Å²) >= 11 is 0. The first-order valence-corrected chi connectivity index (χ1v) is 5.91. The zero-order chi connectivity index (χ0) is 12.3. The average Bonchev–Trinajstić information content (AvgIpc) is 2.39. The Kier molecular flexibility index (Phi) is 3.68. The van der Waals surface area contributed by atoms with Crippen LogP contribution in [0, 0.1) is 0 Å². The lowest BCUT2D eigenvalue weighted by Crippen LogP contribution is -2.45. The smallest absolute Gasteiger partial charge is 0.238 e. The van der Waals surface area contributed by atoms with Gasteiger partial charge in [0.05, 0.1) is 32.1 Å². The summed E-state index contributed by atoms with van der Waals surface area (Å²) in [6, 6.07) is 4.15. The van der Waals surface area contributed by atoms with Crippen molar-refractivity contribution in [2.45, 2.75) is 19.4 Å². The average molecular weight is 237 g/mol. The molecule has 0 spiro atoms. The van der Waals surface area contributed by atoms with Crippen LogP contribution in [0.1, 0.15) is 13.3 Å². The van der Waals surface area contributed by atoms with Crippen molar-refractivity contribution in [2.24, 2.45) is 0 Å². The summed E-state index contributed by atoms with van der Waals surface area (Å²) in [4.78, 5) is 6.69. The van der Waals surface area contributed by atoms with Gasteiger partial charge in [0.2, 0.25) is 5.88 Å². The van der Waals surface area contributed by atoms with Crippen molar-refractivity contribution in [2.75, 3.05) is 37.5 Å². The number of methoxy groups -OCH3 is 1. The topological polar surface area (TPSA) is 60.6 Å². The summed E-state index contributed by atoms with van der Waals surface area (Å²) < 4.78 is 10.6. The molecule has 0 amide bonds. The van der Waals surface area contributed by atoms with E-state index in [4.69, 9.17) is 15.2 Å². The van der Waals surface area contributed by atoms with Gasteiger partial charge in [0, 0.05) is 6.54 Å². The zero-order valence-corrected chi connectivity index (χ0v) is 10.3. The summed E-state index contributed by atoms with van der Waals surface area (Å²) in [5.41, 5.74) is 6.33. The van der Waals surface area contributed by atoms with E-state index in [1.54, 1.807) is 7.11 Å². The van der Waals surface area contributed by atoms with Gasteiger partial charge in [0.15, 0.2) is 0 Å². The van der Waals surface area contributed by atoms with E-state index >= 15 is 0 Å². The van der Waals surface area contributed by atoms with Crippen LogP contribution in [0.3, 0.4) is 0 Å². The van der Waals surface area contributed by atoms with Crippen LogP contribution in [0.25, 0.3) is 0 Å². The Morgan fingerprint density at radius 3 is 3.12 bits per heavy atom. The number of anilines is 2. The van der Waals surface area contributed by atoms with E-state index < -0.39 is 0 Å². The maximum atomic E-state index is 5.77. The highest BCUT2D eigenvalue weighted by Crippen LogP contribution is 2.25. The van der Waals surface area contributed by atoms with E-state index in [-0.39, 0.29) is 0 Å². The molecular formula is C12H19N3O2. The predicted octanol–water partition coefficient (Wildman–Crippen LogP) is 1.29. The molecule has 94 valence electrons. The van der Waals surface area contributed by atoms with Gasteiger partial charge in [-0.25, -0.2) is 0 Å². The highest BCUT2D eigenvalue weighted by Gasteiger charge is 2.23. The molecule has 17 heavy (non-hydrogen) atoms. The van der Waals surface area contributed by atoms with E-state index in [2.05, 4.69) is 16.8 Å². The summed E-state index contributed by atoms with van der Waals surface area (Å²) in [6.07, 6.45) is 1.04. The highest BCUT2D eigenvalue weighted by molar-refractivity contribution is 5.55. The van der Waals surface area contributed by atoms with Crippen LogP contribution in [0.4, 0.5) is 11.5 Å². The Hall–Kier alpha value is -1.49. The first kappa shape index (κ1) is 12.0. The van der Waals surface area contributed by atoms with Crippen molar-refractivity contribution in [1.29, 1.82) is 0 Å². The Morgan fingerprint density at radius 2 is 2.41 bits per heavy atom. The molecule has 0 aromatic carbocycles.